The van der Waals surface area contributed by atoms with E-state index in [1.54, 1.807) is 58.8 Å². The summed E-state index contributed by atoms with van der Waals surface area (Å²) in [5.74, 6) is 0.0263. The maximum atomic E-state index is 11.5. The lowest BCUT2D eigenvalue weighted by atomic mass is 10.1. The van der Waals surface area contributed by atoms with E-state index >= 15 is 0 Å². The Balaban J connectivity index is 0.000000144. The molecule has 16 heterocycles. The molecule has 0 unspecified atom stereocenters. The van der Waals surface area contributed by atoms with E-state index in [1.807, 2.05) is 102 Å². The van der Waals surface area contributed by atoms with Gasteiger partial charge in [0.1, 0.15) is 0 Å². The molecule has 0 saturated heterocycles. The molecule has 0 bridgehead atoms. The first-order valence-electron chi connectivity index (χ1n) is 37.0. The molecular weight excluding hydrogens is 1390 g/mol. The van der Waals surface area contributed by atoms with Crippen molar-refractivity contribution >= 4 is 67.1 Å². The van der Waals surface area contributed by atoms with E-state index in [9.17, 15) is 38.4 Å². The lowest BCUT2D eigenvalue weighted by Crippen LogP contribution is -2.34. The largest absolute Gasteiger partial charge is 0.352 e. The van der Waals surface area contributed by atoms with Crippen molar-refractivity contribution in [1.82, 2.24) is 109 Å². The first kappa shape index (κ1) is 81.6. The molecule has 0 aliphatic carbocycles. The van der Waals surface area contributed by atoms with Crippen LogP contribution in [0.2, 0.25) is 0 Å². The van der Waals surface area contributed by atoms with Crippen LogP contribution in [-0.2, 0) is 53.4 Å². The van der Waals surface area contributed by atoms with Crippen molar-refractivity contribution in [2.24, 2.45) is 0 Å². The van der Waals surface area contributed by atoms with Crippen LogP contribution < -0.4 is 43.5 Å². The quantitative estimate of drug-likeness (QED) is 0.0816. The number of aromatic nitrogens is 18. The number of pyridine rings is 4. The molecule has 12 aromatic rings. The zero-order valence-electron chi connectivity index (χ0n) is 66.8. The third kappa shape index (κ3) is 19.8. The SMILES string of the molecule is CC(C)(C)n1cc2c(c1)C(=O)NCC2.CC(C)(C)n1cc2c(n1)C(=O)NCC2.CC(C)(C)n1cc2cc[nH]c(=O)c2c1.CC(C)(C)n1ncc2c(=O)[nH]ccc21.CC(C)(C)n1ncc2c1CCNC2=O.CC(C)n1cc2c(=O)[nH]ccc2n1.CC(C)n1cc2c(n1)CCNC2=O.CC(C)n1cc2cc[nH]c(=O)c2n1. The molecule has 582 valence electrons. The highest BCUT2D eigenvalue weighted by molar-refractivity contribution is 5.98. The van der Waals surface area contributed by atoms with Crippen LogP contribution in [0.1, 0.15) is 228 Å². The Hall–Kier alpha value is -11.5. The molecule has 109 heavy (non-hydrogen) atoms. The van der Waals surface area contributed by atoms with E-state index in [0.29, 0.717) is 41.1 Å². The van der Waals surface area contributed by atoms with E-state index in [1.165, 1.54) is 5.56 Å². The highest BCUT2D eigenvalue weighted by Crippen LogP contribution is 2.26. The van der Waals surface area contributed by atoms with Crippen LogP contribution in [0.5, 0.6) is 0 Å². The molecule has 0 fully saturated rings. The number of fused-ring (bicyclic) bond motifs is 8. The predicted octanol–water partition coefficient (Wildman–Crippen LogP) is 10.3. The Morgan fingerprint density at radius 3 is 1.42 bits per heavy atom. The van der Waals surface area contributed by atoms with E-state index in [2.05, 4.69) is 205 Å². The van der Waals surface area contributed by atoms with Crippen molar-refractivity contribution in [3.8, 4) is 0 Å². The van der Waals surface area contributed by atoms with Gasteiger partial charge >= 0.3 is 0 Å². The van der Waals surface area contributed by atoms with Gasteiger partial charge in [0.2, 0.25) is 0 Å². The smallest absolute Gasteiger partial charge is 0.276 e. The van der Waals surface area contributed by atoms with Crippen LogP contribution in [-0.4, -0.2) is 138 Å². The molecule has 4 aliphatic heterocycles. The molecule has 8 N–H and O–H groups in total. The topological polar surface area (TPSA) is 365 Å². The van der Waals surface area contributed by atoms with Crippen molar-refractivity contribution in [1.29, 1.82) is 0 Å². The molecule has 0 spiro atoms. The van der Waals surface area contributed by atoms with E-state index in [-0.39, 0.29) is 85.6 Å². The molecule has 4 aliphatic rings. The number of aromatic amines is 4. The van der Waals surface area contributed by atoms with Crippen LogP contribution >= 0.6 is 0 Å². The lowest BCUT2D eigenvalue weighted by Gasteiger charge is -2.24. The maximum absolute atomic E-state index is 11.5. The second-order valence-corrected chi connectivity index (χ2v) is 33.0. The van der Waals surface area contributed by atoms with Gasteiger partial charge in [-0.2, -0.15) is 30.6 Å². The predicted molar refractivity (Wildman–Crippen MR) is 425 cm³/mol. The van der Waals surface area contributed by atoms with Crippen molar-refractivity contribution in [2.75, 3.05) is 26.2 Å². The van der Waals surface area contributed by atoms with Gasteiger partial charge < -0.3 is 50.3 Å². The minimum absolute atomic E-state index is 0.00162. The summed E-state index contributed by atoms with van der Waals surface area (Å²) in [5.41, 5.74) is 8.79. The number of nitrogens with zero attached hydrogens (tertiary/aromatic N) is 14. The second kappa shape index (κ2) is 32.9. The average molecular weight is 1490 g/mol. The third-order valence-electron chi connectivity index (χ3n) is 18.1. The monoisotopic (exact) mass is 1490 g/mol. The number of H-pyrrole nitrogens is 4. The minimum Gasteiger partial charge on any atom is -0.352 e. The van der Waals surface area contributed by atoms with Crippen molar-refractivity contribution < 1.29 is 19.2 Å². The summed E-state index contributed by atoms with van der Waals surface area (Å²) in [6.45, 7) is 46.5. The third-order valence-corrected chi connectivity index (χ3v) is 18.1. The summed E-state index contributed by atoms with van der Waals surface area (Å²) >= 11 is 0. The Bertz CT molecular complexity index is 5250. The van der Waals surface area contributed by atoms with Crippen LogP contribution in [0, 0.1) is 0 Å². The molecule has 30 nitrogen and oxygen atoms in total. The van der Waals surface area contributed by atoms with Gasteiger partial charge in [-0.15, -0.1) is 0 Å². The second-order valence-electron chi connectivity index (χ2n) is 33.0. The van der Waals surface area contributed by atoms with E-state index in [0.717, 1.165) is 99.6 Å². The number of nitrogens with one attached hydrogen (secondary N) is 8. The number of hydrogen-bond acceptors (Lipinski definition) is 14. The standard InChI is InChI=1S/C11H16N2O.C11H14N2O.C10H15N3O.C10H13N3O.C10H15N3O.C9H13N3O.2C9H11N3O/c2*1-11(2,3)13-6-8-4-5-12-10(14)9(8)7-13;2*1-10(2,3)13-8-4-5-11-9(14)7(8)6-12-13;1-10(2,3)13-6-7-4-5-11-9(14)8(7)12-13;2*1-6(2)12-5-7-8(11-12)3-4-10-9(7)13;1-6(2)12-5-7-3-4-10-9(13)8(7)11-12/h6-7H,4-5H2,1-3H3,(H,12,14);4-7H,1-3H3,(H,12,14);6H,4-5H2,1-3H3,(H,11,14);4-6H,1-3H3,(H,11,14);6H,4-5H2,1-3H3,(H,11,14);5-6H,3-4H2,1-2H3,(H,10,13);2*3-6H,1-2H3,(H,10,13). The first-order valence-corrected chi connectivity index (χ1v) is 37.0. The Morgan fingerprint density at radius 1 is 0.376 bits per heavy atom. The zero-order chi connectivity index (χ0) is 80.0. The van der Waals surface area contributed by atoms with Gasteiger partial charge in [0.25, 0.3) is 45.9 Å². The highest BCUT2D eigenvalue weighted by Gasteiger charge is 2.29. The van der Waals surface area contributed by atoms with Gasteiger partial charge in [-0.25, -0.2) is 0 Å². The van der Waals surface area contributed by atoms with Gasteiger partial charge in [0, 0.05) is 159 Å². The summed E-state index contributed by atoms with van der Waals surface area (Å²) in [6, 6.07) is 8.32. The zero-order valence-corrected chi connectivity index (χ0v) is 66.8. The fourth-order valence-corrected chi connectivity index (χ4v) is 11.9. The van der Waals surface area contributed by atoms with E-state index < -0.39 is 0 Å². The van der Waals surface area contributed by atoms with Crippen molar-refractivity contribution in [3.05, 3.63) is 197 Å². The molecule has 0 aromatic carbocycles. The van der Waals surface area contributed by atoms with Crippen molar-refractivity contribution in [3.63, 3.8) is 0 Å². The summed E-state index contributed by atoms with van der Waals surface area (Å²) in [5, 5.41) is 40.8. The molecule has 0 radical (unpaired) electrons. The normalized spacial score (nSPS) is 14.0. The molecule has 0 atom stereocenters. The summed E-state index contributed by atoms with van der Waals surface area (Å²) in [6.07, 6.45) is 28.8. The molecule has 30 heteroatoms. The number of hydrogen-bond donors (Lipinski definition) is 8. The van der Waals surface area contributed by atoms with Crippen LogP contribution in [0.25, 0.3) is 43.5 Å². The van der Waals surface area contributed by atoms with Crippen molar-refractivity contribution in [2.45, 2.75) is 217 Å². The lowest BCUT2D eigenvalue weighted by molar-refractivity contribution is 0.0932. The van der Waals surface area contributed by atoms with Crippen LogP contribution in [0.4, 0.5) is 0 Å². The van der Waals surface area contributed by atoms with E-state index in [4.69, 9.17) is 0 Å². The Morgan fingerprint density at radius 2 is 0.872 bits per heavy atom. The molecule has 0 saturated carbocycles. The Labute approximate surface area is 632 Å². The maximum Gasteiger partial charge on any atom is 0.276 e. The van der Waals surface area contributed by atoms with Gasteiger partial charge in [0.15, 0.2) is 11.2 Å². The Kier molecular flexibility index (Phi) is 24.7. The fraction of sp³-hybridized carbons (Fsp3) is 0.468. The molecular formula is C79H108N22O8. The van der Waals surface area contributed by atoms with Gasteiger partial charge in [-0.1, -0.05) is 0 Å². The fourth-order valence-electron chi connectivity index (χ4n) is 11.9. The first-order chi connectivity index (χ1) is 51.0. The highest BCUT2D eigenvalue weighted by atomic mass is 16.2. The number of amides is 4. The molecule has 16 rings (SSSR count). The number of carbonyl (C=O) groups is 4. The van der Waals surface area contributed by atoms with Gasteiger partial charge in [0.05, 0.1) is 84.3 Å². The summed E-state index contributed by atoms with van der Waals surface area (Å²) in [4.78, 5) is 102. The van der Waals surface area contributed by atoms with Crippen LogP contribution in [0.15, 0.2) is 130 Å². The summed E-state index contributed by atoms with van der Waals surface area (Å²) in [7, 11) is 0. The van der Waals surface area contributed by atoms with Gasteiger partial charge in [-0.05, 0) is 188 Å². The number of carbonyl (C=O) groups excluding carboxylic acids is 4. The average Bonchev–Trinajstić information content (AvgIpc) is 1.66. The summed E-state index contributed by atoms with van der Waals surface area (Å²) < 4.78 is 15.3. The minimum atomic E-state index is -0.128. The van der Waals surface area contributed by atoms with Crippen LogP contribution in [0.3, 0.4) is 0 Å². The number of rotatable bonds is 3. The molecule has 4 amide bonds. The molecule has 12 aromatic heterocycles. The van der Waals surface area contributed by atoms with Gasteiger partial charge in [-0.3, -0.25) is 66.4 Å².